The van der Waals surface area contributed by atoms with E-state index in [2.05, 4.69) is 39.2 Å². The smallest absolute Gasteiger partial charge is 0.313 e. The summed E-state index contributed by atoms with van der Waals surface area (Å²) in [4.78, 5) is 59.8. The fourth-order valence-corrected chi connectivity index (χ4v) is 8.58. The average molecular weight is 680 g/mol. The normalized spacial score (nSPS) is 25.8. The molecule has 4 rings (SSSR count). The van der Waals surface area contributed by atoms with E-state index < -0.39 is 53.2 Å². The number of nitrogens with one attached hydrogen (secondary N) is 1. The molecule has 1 aromatic carbocycles. The number of ether oxygens (including phenoxy) is 2. The zero-order valence-electron chi connectivity index (χ0n) is 30.3. The number of benzene rings is 1. The number of esters is 1. The Hall–Kier alpha value is -3.50. The van der Waals surface area contributed by atoms with E-state index in [0.717, 1.165) is 0 Å². The Labute approximate surface area is 292 Å². The molecule has 2 bridgehead atoms. The monoisotopic (exact) mass is 679 g/mol. The molecule has 3 heterocycles. The van der Waals surface area contributed by atoms with Gasteiger partial charge in [0.2, 0.25) is 17.7 Å². The van der Waals surface area contributed by atoms with Crippen LogP contribution in [0, 0.1) is 17.3 Å². The van der Waals surface area contributed by atoms with Crippen LogP contribution in [0.5, 0.6) is 0 Å². The Balaban J connectivity index is 1.69. The quantitative estimate of drug-likeness (QED) is 0.133. The summed E-state index contributed by atoms with van der Waals surface area (Å²) in [6, 6.07) is 7.74. The van der Waals surface area contributed by atoms with Crippen LogP contribution in [0.2, 0.25) is 0 Å². The van der Waals surface area contributed by atoms with E-state index in [4.69, 9.17) is 9.47 Å². The summed E-state index contributed by atoms with van der Waals surface area (Å²) >= 11 is 0. The summed E-state index contributed by atoms with van der Waals surface area (Å²) in [5.74, 6) is -3.09. The highest BCUT2D eigenvalue weighted by atomic mass is 16.6. The summed E-state index contributed by atoms with van der Waals surface area (Å²) in [6.45, 7) is 20.4. The molecule has 270 valence electrons. The van der Waals surface area contributed by atoms with Gasteiger partial charge in [-0.3, -0.25) is 19.2 Å². The third-order valence-electron chi connectivity index (χ3n) is 10.2. The van der Waals surface area contributed by atoms with Gasteiger partial charge in [-0.05, 0) is 70.3 Å². The van der Waals surface area contributed by atoms with Crippen molar-refractivity contribution in [3.63, 3.8) is 0 Å². The number of likely N-dealkylation sites (tertiary alicyclic amines) is 1. The number of aliphatic hydroxyl groups excluding tert-OH is 1. The summed E-state index contributed by atoms with van der Waals surface area (Å²) in [6.07, 6.45) is 5.42. The van der Waals surface area contributed by atoms with Gasteiger partial charge in [-0.2, -0.15) is 0 Å². The first-order chi connectivity index (χ1) is 23.1. The minimum atomic E-state index is -1.19. The van der Waals surface area contributed by atoms with Crippen molar-refractivity contribution in [2.75, 3.05) is 19.7 Å². The molecule has 0 saturated carbocycles. The van der Waals surface area contributed by atoms with E-state index in [1.54, 1.807) is 24.0 Å². The third kappa shape index (κ3) is 8.12. The molecule has 7 atom stereocenters. The van der Waals surface area contributed by atoms with Crippen LogP contribution in [0.4, 0.5) is 0 Å². The molecule has 0 unspecified atom stereocenters. The first-order valence-electron chi connectivity index (χ1n) is 17.8. The van der Waals surface area contributed by atoms with Crippen molar-refractivity contribution in [2.24, 2.45) is 17.3 Å². The topological polar surface area (TPSA) is 125 Å². The summed E-state index contributed by atoms with van der Waals surface area (Å²) in [5.41, 5.74) is -1.12. The number of allylic oxidation sites excluding steroid dienone is 1. The van der Waals surface area contributed by atoms with E-state index in [1.807, 2.05) is 49.1 Å². The van der Waals surface area contributed by atoms with E-state index in [0.29, 0.717) is 50.6 Å². The maximum atomic E-state index is 14.9. The van der Waals surface area contributed by atoms with Crippen LogP contribution in [-0.4, -0.2) is 87.6 Å². The van der Waals surface area contributed by atoms with E-state index in [9.17, 15) is 24.3 Å². The Morgan fingerprint density at radius 3 is 2.45 bits per heavy atom. The first-order valence-corrected chi connectivity index (χ1v) is 17.8. The molecule has 3 aliphatic rings. The predicted molar refractivity (Wildman–Crippen MR) is 188 cm³/mol. The lowest BCUT2D eigenvalue weighted by Gasteiger charge is -2.45. The summed E-state index contributed by atoms with van der Waals surface area (Å²) in [7, 11) is 0. The van der Waals surface area contributed by atoms with Crippen molar-refractivity contribution >= 4 is 23.7 Å². The van der Waals surface area contributed by atoms with Gasteiger partial charge in [0, 0.05) is 31.7 Å². The highest BCUT2D eigenvalue weighted by molar-refractivity contribution is 5.98. The van der Waals surface area contributed by atoms with Gasteiger partial charge >= 0.3 is 5.97 Å². The van der Waals surface area contributed by atoms with Gasteiger partial charge in [-0.15, -0.1) is 13.2 Å². The first kappa shape index (κ1) is 38.3. The van der Waals surface area contributed by atoms with Gasteiger partial charge in [-0.25, -0.2) is 0 Å². The number of fused-ring (bicyclic) bond motifs is 1. The molecule has 1 aromatic rings. The van der Waals surface area contributed by atoms with Crippen LogP contribution in [0.15, 0.2) is 55.6 Å². The molecule has 1 spiro atoms. The second-order valence-electron chi connectivity index (χ2n) is 15.8. The molecular formula is C39H57N3O7. The fourth-order valence-electron chi connectivity index (χ4n) is 8.58. The van der Waals surface area contributed by atoms with Gasteiger partial charge in [0.25, 0.3) is 0 Å². The van der Waals surface area contributed by atoms with Crippen LogP contribution in [0.1, 0.15) is 98.2 Å². The lowest BCUT2D eigenvalue weighted by molar-refractivity contribution is -0.162. The van der Waals surface area contributed by atoms with Gasteiger partial charge in [0.15, 0.2) is 0 Å². The molecule has 10 heteroatoms. The molecule has 3 amide bonds. The third-order valence-corrected chi connectivity index (χ3v) is 10.2. The molecule has 0 radical (unpaired) electrons. The van der Waals surface area contributed by atoms with Crippen LogP contribution in [-0.2, 0) is 28.7 Å². The number of aliphatic hydroxyl groups is 1. The van der Waals surface area contributed by atoms with Gasteiger partial charge in [0.05, 0.1) is 24.0 Å². The molecule has 3 saturated heterocycles. The number of carbonyl (C=O) groups excluding carboxylic acids is 4. The van der Waals surface area contributed by atoms with E-state index in [-0.39, 0.29) is 42.7 Å². The number of rotatable bonds is 17. The number of amides is 3. The van der Waals surface area contributed by atoms with Crippen molar-refractivity contribution in [2.45, 2.75) is 122 Å². The lowest BCUT2D eigenvalue weighted by Crippen LogP contribution is -2.61. The second-order valence-corrected chi connectivity index (χ2v) is 15.8. The van der Waals surface area contributed by atoms with Gasteiger partial charge < -0.3 is 29.7 Å². The Morgan fingerprint density at radius 2 is 1.84 bits per heavy atom. The molecule has 3 aliphatic heterocycles. The predicted octanol–water partition coefficient (Wildman–Crippen LogP) is 5.12. The zero-order chi connectivity index (χ0) is 36.1. The molecule has 3 fully saturated rings. The van der Waals surface area contributed by atoms with Crippen LogP contribution >= 0.6 is 0 Å². The molecular weight excluding hydrogens is 622 g/mol. The lowest BCUT2D eigenvalue weighted by atomic mass is 9.70. The highest BCUT2D eigenvalue weighted by Crippen LogP contribution is 2.59. The average Bonchev–Trinajstić information content (AvgIpc) is 3.67. The standard InChI is InChI=1S/C39H57N3O7/c1-9-11-19-29(44)40-26(3)32(27-17-13-12-14-18-27)48-36(47)30-28-20-21-39(49-28)31(30)34(45)41(23-15-16-24-43)33(39)35(46)42(22-10-2)38(7,8)25-37(4,5)6/h9-10,12-14,17-18,26,28,30-33,43H,1-2,11,15-16,19-25H2,3-8H3,(H,40,44)/t26-,28+,30-,31-,32-,33+,39-/m0/s1. The van der Waals surface area contributed by atoms with Crippen molar-refractivity contribution in [3.8, 4) is 0 Å². The molecule has 49 heavy (non-hydrogen) atoms. The number of carbonyl (C=O) groups is 4. The van der Waals surface area contributed by atoms with Crippen LogP contribution in [0.25, 0.3) is 0 Å². The Bertz CT molecular complexity index is 1370. The fraction of sp³-hybridized carbons (Fsp3) is 0.641. The Morgan fingerprint density at radius 1 is 1.14 bits per heavy atom. The molecule has 2 N–H and O–H groups in total. The van der Waals surface area contributed by atoms with Gasteiger partial charge in [-0.1, -0.05) is 63.3 Å². The largest absolute Gasteiger partial charge is 0.455 e. The zero-order valence-corrected chi connectivity index (χ0v) is 30.3. The molecule has 0 aromatic heterocycles. The number of hydrogen-bond donors (Lipinski definition) is 2. The molecule has 0 aliphatic carbocycles. The van der Waals surface area contributed by atoms with Crippen molar-refractivity contribution in [3.05, 3.63) is 61.2 Å². The summed E-state index contributed by atoms with van der Waals surface area (Å²) < 4.78 is 12.9. The minimum absolute atomic E-state index is 0.0346. The maximum Gasteiger partial charge on any atom is 0.313 e. The van der Waals surface area contributed by atoms with Crippen molar-refractivity contribution < 1.29 is 33.8 Å². The van der Waals surface area contributed by atoms with Crippen molar-refractivity contribution in [1.29, 1.82) is 0 Å². The molecule has 10 nitrogen and oxygen atoms in total. The van der Waals surface area contributed by atoms with Gasteiger partial charge in [0.1, 0.15) is 17.7 Å². The number of unbranched alkanes of at least 4 members (excludes halogenated alkanes) is 1. The summed E-state index contributed by atoms with van der Waals surface area (Å²) in [5, 5.41) is 12.5. The minimum Gasteiger partial charge on any atom is -0.455 e. The second kappa shape index (κ2) is 15.6. The maximum absolute atomic E-state index is 14.9. The van der Waals surface area contributed by atoms with Crippen LogP contribution in [0.3, 0.4) is 0 Å². The number of hydrogen-bond acceptors (Lipinski definition) is 7. The highest BCUT2D eigenvalue weighted by Gasteiger charge is 2.75. The van der Waals surface area contributed by atoms with Crippen LogP contribution < -0.4 is 5.32 Å². The van der Waals surface area contributed by atoms with E-state index in [1.165, 1.54) is 0 Å². The van der Waals surface area contributed by atoms with Crippen molar-refractivity contribution in [1.82, 2.24) is 15.1 Å². The van der Waals surface area contributed by atoms with E-state index >= 15 is 0 Å². The number of nitrogens with zero attached hydrogens (tertiary/aromatic N) is 2. The Kier molecular flexibility index (Phi) is 12.2. The SMILES string of the molecule is C=CCCC(=O)N[C@@H](C)[C@H](OC(=O)[C@@H]1[C@H]2C(=O)N(CCCCO)[C@H](C(=O)N(CC=C)C(C)(C)CC(C)(C)C)[C@]23CC[C@H]1O3)c1ccccc1.